The monoisotopic (exact) mass is 331 g/mol. The van der Waals surface area contributed by atoms with Crippen LogP contribution in [0.3, 0.4) is 0 Å². The molecule has 5 heteroatoms. The summed E-state index contributed by atoms with van der Waals surface area (Å²) in [6, 6.07) is 4.74. The predicted molar refractivity (Wildman–Crippen MR) is 93.7 cm³/mol. The molecule has 1 aromatic rings. The zero-order valence-corrected chi connectivity index (χ0v) is 15.3. The van der Waals surface area contributed by atoms with E-state index in [4.69, 9.17) is 4.74 Å². The Balaban J connectivity index is 1.44. The summed E-state index contributed by atoms with van der Waals surface area (Å²) >= 11 is 0. The van der Waals surface area contributed by atoms with E-state index in [2.05, 4.69) is 22.4 Å². The van der Waals surface area contributed by atoms with Crippen LogP contribution in [-0.2, 0) is 11.3 Å². The van der Waals surface area contributed by atoms with E-state index in [0.717, 1.165) is 31.7 Å². The van der Waals surface area contributed by atoms with Gasteiger partial charge in [0.15, 0.2) is 0 Å². The van der Waals surface area contributed by atoms with Gasteiger partial charge >= 0.3 is 6.09 Å². The highest BCUT2D eigenvalue weighted by Gasteiger charge is 2.50. The summed E-state index contributed by atoms with van der Waals surface area (Å²) in [6.07, 6.45) is 5.23. The van der Waals surface area contributed by atoms with E-state index in [1.54, 1.807) is 0 Å². The van der Waals surface area contributed by atoms with Crippen LogP contribution in [0.1, 0.15) is 51.3 Å². The second-order valence-electron chi connectivity index (χ2n) is 8.46. The molecule has 1 aliphatic heterocycles. The summed E-state index contributed by atoms with van der Waals surface area (Å²) in [4.78, 5) is 18.2. The van der Waals surface area contributed by atoms with Crippen molar-refractivity contribution < 1.29 is 9.53 Å². The molecule has 2 fully saturated rings. The molecule has 2 heterocycles. The SMILES string of the molecule is Cc1cc(CN[C@H]2CCC3(C2)CN(C(=O)OC(C)(C)C)C3)ccn1. The van der Waals surface area contributed by atoms with Gasteiger partial charge in [0.25, 0.3) is 0 Å². The molecule has 0 unspecified atom stereocenters. The first-order chi connectivity index (χ1) is 11.2. The molecule has 1 aliphatic carbocycles. The molecule has 5 nitrogen and oxygen atoms in total. The Kier molecular flexibility index (Phi) is 4.56. The number of amides is 1. The van der Waals surface area contributed by atoms with Crippen molar-refractivity contribution in [2.75, 3.05) is 13.1 Å². The van der Waals surface area contributed by atoms with E-state index in [1.165, 1.54) is 18.4 Å². The molecule has 1 spiro atoms. The van der Waals surface area contributed by atoms with Crippen LogP contribution in [-0.4, -0.2) is 40.7 Å². The topological polar surface area (TPSA) is 54.5 Å². The Morgan fingerprint density at radius 3 is 2.88 bits per heavy atom. The fraction of sp³-hybridized carbons (Fsp3) is 0.684. The fourth-order valence-corrected chi connectivity index (χ4v) is 3.86. The van der Waals surface area contributed by atoms with Gasteiger partial charge < -0.3 is 15.0 Å². The molecule has 0 radical (unpaired) electrons. The molecule has 0 aromatic carbocycles. The van der Waals surface area contributed by atoms with E-state index >= 15 is 0 Å². The molecular formula is C19H29N3O2. The maximum atomic E-state index is 12.1. The zero-order chi connectivity index (χ0) is 17.4. The molecule has 1 amide bonds. The third-order valence-corrected chi connectivity index (χ3v) is 4.96. The van der Waals surface area contributed by atoms with Gasteiger partial charge in [0.05, 0.1) is 0 Å². The van der Waals surface area contributed by atoms with Gasteiger partial charge in [0, 0.05) is 43.0 Å². The van der Waals surface area contributed by atoms with Crippen molar-refractivity contribution in [3.05, 3.63) is 29.6 Å². The number of hydrogen-bond donors (Lipinski definition) is 1. The van der Waals surface area contributed by atoms with Gasteiger partial charge in [-0.1, -0.05) is 0 Å². The average Bonchev–Trinajstić information content (AvgIpc) is 2.86. The van der Waals surface area contributed by atoms with Crippen molar-refractivity contribution in [1.82, 2.24) is 15.2 Å². The zero-order valence-electron chi connectivity index (χ0n) is 15.3. The van der Waals surface area contributed by atoms with Crippen molar-refractivity contribution in [2.45, 2.75) is 65.1 Å². The molecular weight excluding hydrogens is 302 g/mol. The number of hydrogen-bond acceptors (Lipinski definition) is 4. The van der Waals surface area contributed by atoms with Gasteiger partial charge in [0.2, 0.25) is 0 Å². The molecule has 1 saturated heterocycles. The Hall–Kier alpha value is -1.62. The number of pyridine rings is 1. The molecule has 24 heavy (non-hydrogen) atoms. The molecule has 2 aliphatic rings. The highest BCUT2D eigenvalue weighted by molar-refractivity contribution is 5.69. The smallest absolute Gasteiger partial charge is 0.410 e. The minimum absolute atomic E-state index is 0.170. The number of nitrogens with zero attached hydrogens (tertiary/aromatic N) is 2. The van der Waals surface area contributed by atoms with E-state index in [0.29, 0.717) is 11.5 Å². The summed E-state index contributed by atoms with van der Waals surface area (Å²) < 4.78 is 5.45. The second-order valence-corrected chi connectivity index (χ2v) is 8.46. The molecule has 1 aromatic heterocycles. The second kappa shape index (κ2) is 6.36. The highest BCUT2D eigenvalue weighted by Crippen LogP contribution is 2.46. The third kappa shape index (κ3) is 4.07. The highest BCUT2D eigenvalue weighted by atomic mass is 16.6. The Morgan fingerprint density at radius 2 is 2.21 bits per heavy atom. The van der Waals surface area contributed by atoms with E-state index in [-0.39, 0.29) is 6.09 Å². The Labute approximate surface area is 144 Å². The molecule has 0 bridgehead atoms. The van der Waals surface area contributed by atoms with E-state index in [1.807, 2.05) is 38.8 Å². The first kappa shape index (κ1) is 17.2. The first-order valence-corrected chi connectivity index (χ1v) is 8.88. The average molecular weight is 331 g/mol. The molecule has 1 saturated carbocycles. The van der Waals surface area contributed by atoms with Crippen LogP contribution in [0.25, 0.3) is 0 Å². The summed E-state index contributed by atoms with van der Waals surface area (Å²) in [5, 5.41) is 3.67. The fourth-order valence-electron chi connectivity index (χ4n) is 3.86. The number of nitrogens with one attached hydrogen (secondary N) is 1. The quantitative estimate of drug-likeness (QED) is 0.923. The van der Waals surface area contributed by atoms with Gasteiger partial charge in [0.1, 0.15) is 5.60 Å². The van der Waals surface area contributed by atoms with Crippen molar-refractivity contribution >= 4 is 6.09 Å². The van der Waals surface area contributed by atoms with Crippen molar-refractivity contribution in [3.8, 4) is 0 Å². The van der Waals surface area contributed by atoms with Gasteiger partial charge in [-0.05, 0) is 64.7 Å². The van der Waals surface area contributed by atoms with Crippen LogP contribution < -0.4 is 5.32 Å². The van der Waals surface area contributed by atoms with Crippen LogP contribution >= 0.6 is 0 Å². The van der Waals surface area contributed by atoms with E-state index in [9.17, 15) is 4.79 Å². The number of carbonyl (C=O) groups is 1. The van der Waals surface area contributed by atoms with Gasteiger partial charge in [-0.25, -0.2) is 4.79 Å². The minimum Gasteiger partial charge on any atom is -0.444 e. The number of rotatable bonds is 3. The van der Waals surface area contributed by atoms with Gasteiger partial charge in [-0.2, -0.15) is 0 Å². The Bertz CT molecular complexity index is 603. The number of aromatic nitrogens is 1. The lowest BCUT2D eigenvalue weighted by atomic mass is 9.78. The number of likely N-dealkylation sites (tertiary alicyclic amines) is 1. The number of ether oxygens (including phenoxy) is 1. The largest absolute Gasteiger partial charge is 0.444 e. The summed E-state index contributed by atoms with van der Waals surface area (Å²) in [5.74, 6) is 0. The summed E-state index contributed by atoms with van der Waals surface area (Å²) in [6.45, 7) is 10.3. The Morgan fingerprint density at radius 1 is 1.46 bits per heavy atom. The predicted octanol–water partition coefficient (Wildman–Crippen LogP) is 3.27. The van der Waals surface area contributed by atoms with Crippen LogP contribution in [0.5, 0.6) is 0 Å². The maximum absolute atomic E-state index is 12.1. The van der Waals surface area contributed by atoms with Gasteiger partial charge in [-0.15, -0.1) is 0 Å². The van der Waals surface area contributed by atoms with Crippen molar-refractivity contribution in [3.63, 3.8) is 0 Å². The standard InChI is InChI=1S/C19H29N3O2/c1-14-9-15(6-8-20-14)11-21-16-5-7-19(10-16)12-22(13-19)17(23)24-18(2,3)4/h6,8-9,16,21H,5,7,10-13H2,1-4H3/t16-/m0/s1. The normalized spacial score (nSPS) is 22.5. The lowest BCUT2D eigenvalue weighted by Crippen LogP contribution is -2.58. The molecule has 1 atom stereocenters. The molecule has 1 N–H and O–H groups in total. The van der Waals surface area contributed by atoms with Crippen LogP contribution in [0, 0.1) is 12.3 Å². The third-order valence-electron chi connectivity index (χ3n) is 4.96. The van der Waals surface area contributed by atoms with E-state index < -0.39 is 5.60 Å². The molecule has 132 valence electrons. The van der Waals surface area contributed by atoms with Crippen LogP contribution in [0.2, 0.25) is 0 Å². The summed E-state index contributed by atoms with van der Waals surface area (Å²) in [5.41, 5.74) is 2.24. The van der Waals surface area contributed by atoms with Gasteiger partial charge in [-0.3, -0.25) is 4.98 Å². The van der Waals surface area contributed by atoms with Crippen LogP contribution in [0.4, 0.5) is 4.79 Å². The molecule has 3 rings (SSSR count). The number of carbonyl (C=O) groups excluding carboxylic acids is 1. The lowest BCUT2D eigenvalue weighted by molar-refractivity contribution is -0.0326. The maximum Gasteiger partial charge on any atom is 0.410 e. The van der Waals surface area contributed by atoms with Crippen LogP contribution in [0.15, 0.2) is 18.3 Å². The lowest BCUT2D eigenvalue weighted by Gasteiger charge is -2.48. The van der Waals surface area contributed by atoms with Crippen molar-refractivity contribution in [1.29, 1.82) is 0 Å². The summed E-state index contributed by atoms with van der Waals surface area (Å²) in [7, 11) is 0. The number of aryl methyl sites for hydroxylation is 1. The van der Waals surface area contributed by atoms with Crippen molar-refractivity contribution in [2.24, 2.45) is 5.41 Å². The minimum atomic E-state index is -0.414. The first-order valence-electron chi connectivity index (χ1n) is 8.88.